The fourth-order valence-electron chi connectivity index (χ4n) is 4.80. The van der Waals surface area contributed by atoms with Crippen LogP contribution in [0.2, 0.25) is 0 Å². The van der Waals surface area contributed by atoms with Crippen LogP contribution in [-0.4, -0.2) is 52.8 Å². The van der Waals surface area contributed by atoms with Crippen molar-refractivity contribution in [3.63, 3.8) is 0 Å². The summed E-state index contributed by atoms with van der Waals surface area (Å²) >= 11 is 2.09. The van der Waals surface area contributed by atoms with E-state index in [0.29, 0.717) is 33.6 Å². The van der Waals surface area contributed by atoms with E-state index in [2.05, 4.69) is 4.98 Å². The third-order valence-electron chi connectivity index (χ3n) is 6.42. The van der Waals surface area contributed by atoms with E-state index in [1.54, 1.807) is 32.0 Å². The maximum absolute atomic E-state index is 13.9. The first-order chi connectivity index (χ1) is 19.2. The fraction of sp³-hybridized carbons (Fsp3) is 0.308. The van der Waals surface area contributed by atoms with Gasteiger partial charge in [0, 0.05) is 22.9 Å². The fourth-order valence-corrected chi connectivity index (χ4v) is 7.31. The molecule has 2 aromatic carbocycles. The maximum atomic E-state index is 13.9. The van der Waals surface area contributed by atoms with Crippen molar-refractivity contribution in [3.05, 3.63) is 72.7 Å². The highest BCUT2D eigenvalue weighted by molar-refractivity contribution is 8.00. The number of anilines is 1. The number of amides is 2. The zero-order valence-electron chi connectivity index (χ0n) is 21.3. The van der Waals surface area contributed by atoms with Gasteiger partial charge in [0.25, 0.3) is 5.69 Å². The lowest BCUT2D eigenvalue weighted by molar-refractivity contribution is -0.384. The van der Waals surface area contributed by atoms with Crippen molar-refractivity contribution in [1.82, 2.24) is 4.98 Å². The number of imide groups is 1. The number of non-ortho nitro benzene ring substituents is 1. The topological polar surface area (TPSA) is 158 Å². The molecule has 2 amide bonds. The largest absolute Gasteiger partial charge is 0.490 e. The number of carbonyl (C=O) groups is 3. The van der Waals surface area contributed by atoms with Gasteiger partial charge in [0.15, 0.2) is 18.1 Å². The van der Waals surface area contributed by atoms with Crippen LogP contribution in [0.5, 0.6) is 11.5 Å². The van der Waals surface area contributed by atoms with E-state index in [0.717, 1.165) is 28.0 Å². The summed E-state index contributed by atoms with van der Waals surface area (Å²) in [7, 11) is 0. The number of nitrogens with zero attached hydrogens (tertiary/aromatic N) is 2. The minimum atomic E-state index is -0.854. The molecule has 3 aromatic rings. The Kier molecular flexibility index (Phi) is 7.63. The quantitative estimate of drug-likeness (QED) is 0.171. The van der Waals surface area contributed by atoms with Gasteiger partial charge < -0.3 is 19.2 Å². The molecule has 2 aliphatic rings. The molecule has 3 atom stereocenters. The van der Waals surface area contributed by atoms with E-state index in [9.17, 15) is 29.3 Å². The summed E-state index contributed by atoms with van der Waals surface area (Å²) in [6.45, 7) is 3.66. The first-order valence-electron chi connectivity index (χ1n) is 12.3. The Morgan fingerprint density at radius 1 is 1.02 bits per heavy atom. The van der Waals surface area contributed by atoms with Gasteiger partial charge in [0.2, 0.25) is 11.8 Å². The minimum absolute atomic E-state index is 0.166. The summed E-state index contributed by atoms with van der Waals surface area (Å²) in [4.78, 5) is 66.2. The molecular formula is C26H23N3O9S2. The molecule has 3 heterocycles. The predicted molar refractivity (Wildman–Crippen MR) is 145 cm³/mol. The molecule has 2 unspecified atom stereocenters. The first kappa shape index (κ1) is 27.4. The average molecular weight is 586 g/mol. The Balaban J connectivity index is 1.54. The van der Waals surface area contributed by atoms with Crippen LogP contribution in [0, 0.1) is 16.0 Å². The van der Waals surface area contributed by atoms with Gasteiger partial charge in [-0.2, -0.15) is 0 Å². The number of ether oxygens (including phenoxy) is 3. The van der Waals surface area contributed by atoms with E-state index in [1.807, 2.05) is 0 Å². The molecule has 40 heavy (non-hydrogen) atoms. The van der Waals surface area contributed by atoms with Crippen molar-refractivity contribution in [2.24, 2.45) is 5.92 Å². The van der Waals surface area contributed by atoms with Crippen LogP contribution in [0.3, 0.4) is 0 Å². The molecule has 0 radical (unpaired) electrons. The number of esters is 1. The van der Waals surface area contributed by atoms with E-state index in [4.69, 9.17) is 14.2 Å². The number of aromatic amines is 1. The molecule has 0 aliphatic carbocycles. The predicted octanol–water partition coefficient (Wildman–Crippen LogP) is 3.48. The molecule has 1 aromatic heterocycles. The van der Waals surface area contributed by atoms with E-state index < -0.39 is 39.8 Å². The number of hydrogen-bond donors (Lipinski definition) is 1. The van der Waals surface area contributed by atoms with Gasteiger partial charge in [-0.15, -0.1) is 0 Å². The van der Waals surface area contributed by atoms with Crippen molar-refractivity contribution in [2.45, 2.75) is 30.0 Å². The number of benzene rings is 2. The normalized spacial score (nSPS) is 19.6. The SMILES string of the molecule is CCOC(=O)COc1ccc([C@H]2c3sc(=O)[nH]c3SC3C(=O)N(c4ccc([N+](=O)[O-])cc4)C(=O)C32)cc1OCC. The Bertz CT molecular complexity index is 1550. The molecule has 0 spiro atoms. The number of H-pyrrole nitrogens is 1. The summed E-state index contributed by atoms with van der Waals surface area (Å²) in [5.41, 5.74) is 0.676. The molecule has 1 fully saturated rings. The van der Waals surface area contributed by atoms with Crippen LogP contribution in [0.25, 0.3) is 0 Å². The summed E-state index contributed by atoms with van der Waals surface area (Å²) in [6, 6.07) is 10.2. The second-order valence-electron chi connectivity index (χ2n) is 8.77. The minimum Gasteiger partial charge on any atom is -0.490 e. The average Bonchev–Trinajstić information content (AvgIpc) is 3.42. The van der Waals surface area contributed by atoms with Gasteiger partial charge in [-0.05, 0) is 43.7 Å². The van der Waals surface area contributed by atoms with Crippen LogP contribution in [0.4, 0.5) is 11.4 Å². The zero-order valence-corrected chi connectivity index (χ0v) is 22.9. The number of hydrogen-bond acceptors (Lipinski definition) is 11. The Hall–Kier alpha value is -4.17. The highest BCUT2D eigenvalue weighted by Crippen LogP contribution is 2.53. The standard InChI is InChI=1S/C26H23N3O9S2/c1-3-36-17-11-13(5-10-16(17)38-12-18(30)37-4-2)19-20-22(39-23-21(19)40-26(33)27-23)25(32)28(24(20)31)14-6-8-15(9-7-14)29(34)35/h5-11,19-20,22H,3-4,12H2,1-2H3,(H,27,33)/t19-,20?,22?/m1/s1. The number of nitro benzene ring substituents is 1. The first-order valence-corrected chi connectivity index (χ1v) is 14.0. The number of thioether (sulfide) groups is 1. The van der Waals surface area contributed by atoms with Gasteiger partial charge in [-0.1, -0.05) is 29.2 Å². The number of nitro groups is 1. The van der Waals surface area contributed by atoms with Crippen molar-refractivity contribution in [3.8, 4) is 11.5 Å². The van der Waals surface area contributed by atoms with E-state index in [-0.39, 0.29) is 29.5 Å². The number of aromatic nitrogens is 1. The number of fused-ring (bicyclic) bond motifs is 2. The van der Waals surface area contributed by atoms with Crippen LogP contribution in [-0.2, 0) is 19.1 Å². The maximum Gasteiger partial charge on any atom is 0.344 e. The van der Waals surface area contributed by atoms with Gasteiger partial charge in [-0.3, -0.25) is 24.5 Å². The lowest BCUT2D eigenvalue weighted by Gasteiger charge is -2.30. The van der Waals surface area contributed by atoms with Crippen LogP contribution >= 0.6 is 23.1 Å². The second-order valence-corrected chi connectivity index (χ2v) is 10.9. The second kappa shape index (κ2) is 11.1. The molecule has 5 rings (SSSR count). The van der Waals surface area contributed by atoms with Crippen molar-refractivity contribution < 1.29 is 33.5 Å². The Morgan fingerprint density at radius 2 is 1.77 bits per heavy atom. The van der Waals surface area contributed by atoms with Gasteiger partial charge in [0.1, 0.15) is 5.25 Å². The Morgan fingerprint density at radius 3 is 2.45 bits per heavy atom. The number of rotatable bonds is 9. The van der Waals surface area contributed by atoms with Gasteiger partial charge in [0.05, 0.1) is 34.8 Å². The third kappa shape index (κ3) is 4.95. The van der Waals surface area contributed by atoms with Crippen LogP contribution in [0.1, 0.15) is 30.2 Å². The Labute approximate surface area is 235 Å². The highest BCUT2D eigenvalue weighted by atomic mass is 32.2. The lowest BCUT2D eigenvalue weighted by Crippen LogP contribution is -2.32. The molecule has 1 saturated heterocycles. The van der Waals surface area contributed by atoms with Gasteiger partial charge >= 0.3 is 10.8 Å². The summed E-state index contributed by atoms with van der Waals surface area (Å²) in [5.74, 6) is -2.39. The number of carbonyl (C=O) groups excluding carboxylic acids is 3. The third-order valence-corrected chi connectivity index (χ3v) is 8.82. The van der Waals surface area contributed by atoms with Crippen molar-refractivity contribution in [2.75, 3.05) is 24.7 Å². The van der Waals surface area contributed by atoms with Crippen LogP contribution < -0.4 is 19.2 Å². The smallest absolute Gasteiger partial charge is 0.344 e. The van der Waals surface area contributed by atoms with Crippen molar-refractivity contribution in [1.29, 1.82) is 0 Å². The number of nitrogens with one attached hydrogen (secondary N) is 1. The molecule has 0 bridgehead atoms. The molecule has 208 valence electrons. The monoisotopic (exact) mass is 585 g/mol. The molecule has 2 aliphatic heterocycles. The molecule has 12 nitrogen and oxygen atoms in total. The summed E-state index contributed by atoms with van der Waals surface area (Å²) in [5, 5.41) is 10.8. The summed E-state index contributed by atoms with van der Waals surface area (Å²) < 4.78 is 16.3. The molecule has 1 N–H and O–H groups in total. The zero-order chi connectivity index (χ0) is 28.6. The van der Waals surface area contributed by atoms with E-state index in [1.165, 1.54) is 24.3 Å². The van der Waals surface area contributed by atoms with Crippen LogP contribution in [0.15, 0.2) is 52.3 Å². The summed E-state index contributed by atoms with van der Waals surface area (Å²) in [6.07, 6.45) is 0. The van der Waals surface area contributed by atoms with Crippen molar-refractivity contribution >= 4 is 52.3 Å². The lowest BCUT2D eigenvalue weighted by atomic mass is 9.83. The highest BCUT2D eigenvalue weighted by Gasteiger charge is 2.56. The molecule has 0 saturated carbocycles. The van der Waals surface area contributed by atoms with Gasteiger partial charge in [-0.25, -0.2) is 9.69 Å². The van der Waals surface area contributed by atoms with E-state index >= 15 is 0 Å². The molecule has 14 heteroatoms. The molecular weight excluding hydrogens is 562 g/mol. The number of thiazole rings is 1.